The molecule has 0 saturated heterocycles. The van der Waals surface area contributed by atoms with Gasteiger partial charge in [-0.2, -0.15) is 15.2 Å². The molecule has 4 aromatic heterocycles. The van der Waals surface area contributed by atoms with Crippen molar-refractivity contribution in [1.82, 2.24) is 24.1 Å². The lowest BCUT2D eigenvalue weighted by atomic mass is 10.1. The van der Waals surface area contributed by atoms with Crippen LogP contribution in [0, 0.1) is 24.5 Å². The Bertz CT molecular complexity index is 3560. The van der Waals surface area contributed by atoms with Gasteiger partial charge in [0.2, 0.25) is 5.95 Å². The molecule has 9 nitrogen and oxygen atoms in total. The minimum Gasteiger partial charge on any atom is -0.456 e. The molecular weight excluding hydrogens is 705 g/mol. The first-order valence-electron chi connectivity index (χ1n) is 18.1. The standard InChI is InChI=1S/C48H24N8O/c1-50-31-17-21-40-36(25-31)37-26-32(51-2)18-22-41(37)56(40)48-53-46(28-10-4-3-5-11-28)52-47(54-48)29-16-20-38(30(24-29)27-49)55-39-14-8-6-12-33(39)34-19-23-43-44(45(34)55)35-13-7-9-15-42(35)57-43/h3-26H. The van der Waals surface area contributed by atoms with E-state index < -0.39 is 0 Å². The molecule has 0 N–H and O–H groups in total. The normalized spacial score (nSPS) is 11.5. The Hall–Kier alpha value is -8.58. The minimum atomic E-state index is 0.365. The third-order valence-corrected chi connectivity index (χ3v) is 10.6. The fraction of sp³-hybridized carbons (Fsp3) is 0. The molecule has 0 bridgehead atoms. The van der Waals surface area contributed by atoms with Crippen LogP contribution in [0.3, 0.4) is 0 Å². The van der Waals surface area contributed by atoms with E-state index in [0.29, 0.717) is 40.1 Å². The Kier molecular flexibility index (Phi) is 6.84. The van der Waals surface area contributed by atoms with Gasteiger partial charge in [0.15, 0.2) is 23.0 Å². The van der Waals surface area contributed by atoms with E-state index in [2.05, 4.69) is 44.6 Å². The topological polar surface area (TPSA) is 94.2 Å². The lowest BCUT2D eigenvalue weighted by Crippen LogP contribution is -2.07. The van der Waals surface area contributed by atoms with Crippen LogP contribution >= 0.6 is 0 Å². The van der Waals surface area contributed by atoms with Crippen molar-refractivity contribution in [2.24, 2.45) is 0 Å². The molecule has 0 amide bonds. The van der Waals surface area contributed by atoms with Crippen LogP contribution in [0.2, 0.25) is 0 Å². The molecule has 0 aliphatic carbocycles. The first kappa shape index (κ1) is 31.9. The zero-order valence-corrected chi connectivity index (χ0v) is 29.8. The smallest absolute Gasteiger partial charge is 0.238 e. The van der Waals surface area contributed by atoms with Gasteiger partial charge >= 0.3 is 0 Å². The summed E-state index contributed by atoms with van der Waals surface area (Å²) in [7, 11) is 0. The predicted octanol–water partition coefficient (Wildman–Crippen LogP) is 12.3. The third-order valence-electron chi connectivity index (χ3n) is 10.6. The van der Waals surface area contributed by atoms with Gasteiger partial charge in [0.05, 0.1) is 51.8 Å². The molecule has 7 aromatic carbocycles. The Labute approximate surface area is 324 Å². The number of hydrogen-bond acceptors (Lipinski definition) is 5. The first-order chi connectivity index (χ1) is 28.1. The maximum absolute atomic E-state index is 10.9. The van der Waals surface area contributed by atoms with Crippen LogP contribution in [0.4, 0.5) is 11.4 Å². The first-order valence-corrected chi connectivity index (χ1v) is 18.1. The molecule has 0 spiro atoms. The number of hydrogen-bond donors (Lipinski definition) is 0. The second kappa shape index (κ2) is 12.2. The summed E-state index contributed by atoms with van der Waals surface area (Å²) >= 11 is 0. The summed E-state index contributed by atoms with van der Waals surface area (Å²) in [6.45, 7) is 15.3. The van der Waals surface area contributed by atoms with Crippen molar-refractivity contribution in [1.29, 1.82) is 5.26 Å². The van der Waals surface area contributed by atoms with Gasteiger partial charge in [0, 0.05) is 27.3 Å². The van der Waals surface area contributed by atoms with Gasteiger partial charge in [-0.1, -0.05) is 78.9 Å². The molecule has 11 rings (SSSR count). The Morgan fingerprint density at radius 3 is 1.89 bits per heavy atom. The van der Waals surface area contributed by atoms with Gasteiger partial charge in [0.1, 0.15) is 17.2 Å². The van der Waals surface area contributed by atoms with Crippen molar-refractivity contribution in [3.8, 4) is 40.5 Å². The van der Waals surface area contributed by atoms with Crippen LogP contribution < -0.4 is 0 Å². The number of fused-ring (bicyclic) bond motifs is 10. The fourth-order valence-electron chi connectivity index (χ4n) is 8.14. The second-order valence-electron chi connectivity index (χ2n) is 13.7. The molecule has 4 heterocycles. The third kappa shape index (κ3) is 4.76. The lowest BCUT2D eigenvalue weighted by Gasteiger charge is -2.13. The molecule has 9 heteroatoms. The zero-order chi connectivity index (χ0) is 38.2. The summed E-state index contributed by atoms with van der Waals surface area (Å²) in [4.78, 5) is 22.4. The monoisotopic (exact) mass is 728 g/mol. The van der Waals surface area contributed by atoms with E-state index in [1.54, 1.807) is 12.1 Å². The molecule has 0 unspecified atom stereocenters. The second-order valence-corrected chi connectivity index (χ2v) is 13.7. The van der Waals surface area contributed by atoms with Crippen LogP contribution in [0.25, 0.3) is 110 Å². The maximum atomic E-state index is 10.9. The van der Waals surface area contributed by atoms with Crippen molar-refractivity contribution in [2.75, 3.05) is 0 Å². The molecule has 0 fully saturated rings. The fourth-order valence-corrected chi connectivity index (χ4v) is 8.14. The molecule has 0 radical (unpaired) electrons. The largest absolute Gasteiger partial charge is 0.456 e. The summed E-state index contributed by atoms with van der Waals surface area (Å²) in [6, 6.07) is 49.3. The molecule has 0 saturated carbocycles. The van der Waals surface area contributed by atoms with Crippen molar-refractivity contribution in [3.63, 3.8) is 0 Å². The highest BCUT2D eigenvalue weighted by molar-refractivity contribution is 6.24. The van der Waals surface area contributed by atoms with Crippen LogP contribution in [0.1, 0.15) is 5.56 Å². The molecule has 0 atom stereocenters. The van der Waals surface area contributed by atoms with Gasteiger partial charge in [0.25, 0.3) is 0 Å². The van der Waals surface area contributed by atoms with Gasteiger partial charge in [-0.05, 0) is 77.5 Å². The SMILES string of the molecule is [C-]#[N+]c1ccc2c(c1)c1cc([N+]#[C-])ccc1n2-c1nc(-c2ccccc2)nc(-c2ccc(-n3c4ccccc4c4ccc5oc6ccccc6c5c43)c(C#N)c2)n1. The number of nitrogens with zero attached hydrogens (tertiary/aromatic N) is 8. The summed E-state index contributed by atoms with van der Waals surface area (Å²) in [6.07, 6.45) is 0. The van der Waals surface area contributed by atoms with Gasteiger partial charge in [-0.15, -0.1) is 0 Å². The van der Waals surface area contributed by atoms with E-state index in [0.717, 1.165) is 76.8 Å². The van der Waals surface area contributed by atoms with Crippen molar-refractivity contribution in [3.05, 3.63) is 174 Å². The van der Waals surface area contributed by atoms with Gasteiger partial charge in [-0.25, -0.2) is 14.7 Å². The number of furan rings is 1. The lowest BCUT2D eigenvalue weighted by molar-refractivity contribution is 0.669. The number of rotatable bonds is 4. The van der Waals surface area contributed by atoms with Crippen molar-refractivity contribution in [2.45, 2.75) is 0 Å². The zero-order valence-electron chi connectivity index (χ0n) is 29.8. The Morgan fingerprint density at radius 1 is 0.526 bits per heavy atom. The molecular formula is C48H24N8O. The van der Waals surface area contributed by atoms with E-state index in [1.165, 1.54) is 0 Å². The summed E-state index contributed by atoms with van der Waals surface area (Å²) in [5.74, 6) is 1.21. The minimum absolute atomic E-state index is 0.365. The highest BCUT2D eigenvalue weighted by Crippen LogP contribution is 2.42. The van der Waals surface area contributed by atoms with Gasteiger partial charge in [-0.3, -0.25) is 4.57 Å². The Balaban J connectivity index is 1.16. The van der Waals surface area contributed by atoms with Crippen LogP contribution in [0.15, 0.2) is 150 Å². The summed E-state index contributed by atoms with van der Waals surface area (Å²) in [5.41, 5.74) is 8.66. The van der Waals surface area contributed by atoms with E-state index in [1.807, 2.05) is 114 Å². The van der Waals surface area contributed by atoms with Crippen LogP contribution in [-0.4, -0.2) is 24.1 Å². The molecule has 57 heavy (non-hydrogen) atoms. The molecule has 0 aliphatic rings. The van der Waals surface area contributed by atoms with Crippen molar-refractivity contribution >= 4 is 76.9 Å². The van der Waals surface area contributed by atoms with E-state index in [4.69, 9.17) is 32.5 Å². The average Bonchev–Trinajstić information content (AvgIpc) is 3.93. The van der Waals surface area contributed by atoms with Gasteiger partial charge < -0.3 is 8.98 Å². The molecule has 11 aromatic rings. The summed E-state index contributed by atoms with van der Waals surface area (Å²) < 4.78 is 10.4. The highest BCUT2D eigenvalue weighted by atomic mass is 16.3. The van der Waals surface area contributed by atoms with Crippen molar-refractivity contribution < 1.29 is 4.42 Å². The molecule has 262 valence electrons. The number of para-hydroxylation sites is 2. The quantitative estimate of drug-likeness (QED) is 0.168. The number of aromatic nitrogens is 5. The van der Waals surface area contributed by atoms with E-state index in [-0.39, 0.29) is 0 Å². The number of benzene rings is 7. The van der Waals surface area contributed by atoms with E-state index >= 15 is 0 Å². The maximum Gasteiger partial charge on any atom is 0.238 e. The summed E-state index contributed by atoms with van der Waals surface area (Å²) in [5, 5.41) is 16.6. The predicted molar refractivity (Wildman–Crippen MR) is 224 cm³/mol. The Morgan fingerprint density at radius 2 is 1.18 bits per heavy atom. The van der Waals surface area contributed by atoms with E-state index in [9.17, 15) is 5.26 Å². The number of nitriles is 1. The molecule has 0 aliphatic heterocycles. The van der Waals surface area contributed by atoms with Crippen LogP contribution in [-0.2, 0) is 0 Å². The van der Waals surface area contributed by atoms with Crippen LogP contribution in [0.5, 0.6) is 0 Å². The highest BCUT2D eigenvalue weighted by Gasteiger charge is 2.22. The average molecular weight is 729 g/mol.